The van der Waals surface area contributed by atoms with E-state index in [-0.39, 0.29) is 5.91 Å². The van der Waals surface area contributed by atoms with Gasteiger partial charge < -0.3 is 4.90 Å². The van der Waals surface area contributed by atoms with Crippen LogP contribution in [0.2, 0.25) is 0 Å². The van der Waals surface area contributed by atoms with Gasteiger partial charge in [-0.15, -0.1) is 0 Å². The molecule has 0 fully saturated rings. The normalized spacial score (nSPS) is 10.9. The molecule has 0 aliphatic carbocycles. The van der Waals surface area contributed by atoms with Gasteiger partial charge in [-0.05, 0) is 19.1 Å². The van der Waals surface area contributed by atoms with Gasteiger partial charge in [0, 0.05) is 44.2 Å². The molecule has 1 amide bonds. The summed E-state index contributed by atoms with van der Waals surface area (Å²) in [6.07, 6.45) is 5.50. The summed E-state index contributed by atoms with van der Waals surface area (Å²) in [6, 6.07) is 17.9. The van der Waals surface area contributed by atoms with Gasteiger partial charge in [-0.25, -0.2) is 4.68 Å². The molecule has 0 radical (unpaired) electrons. The minimum absolute atomic E-state index is 0.0777. The Morgan fingerprint density at radius 3 is 2.41 bits per heavy atom. The van der Waals surface area contributed by atoms with Crippen LogP contribution in [0.1, 0.15) is 21.5 Å². The summed E-state index contributed by atoms with van der Waals surface area (Å²) in [5, 5.41) is 8.93. The van der Waals surface area contributed by atoms with Crippen molar-refractivity contribution in [1.82, 2.24) is 24.5 Å². The van der Waals surface area contributed by atoms with E-state index in [1.54, 1.807) is 27.5 Å². The number of carbonyl (C=O) groups is 1. The van der Waals surface area contributed by atoms with Crippen LogP contribution in [0.5, 0.6) is 0 Å². The van der Waals surface area contributed by atoms with E-state index in [0.717, 1.165) is 16.8 Å². The minimum Gasteiger partial charge on any atom is -0.337 e. The second kappa shape index (κ2) is 7.75. The summed E-state index contributed by atoms with van der Waals surface area (Å²) in [5.74, 6) is -0.0777. The van der Waals surface area contributed by atoms with E-state index in [0.29, 0.717) is 17.8 Å². The highest BCUT2D eigenvalue weighted by Crippen LogP contribution is 2.25. The number of amides is 1. The largest absolute Gasteiger partial charge is 0.337 e. The lowest BCUT2D eigenvalue weighted by molar-refractivity contribution is 0.0786. The Morgan fingerprint density at radius 2 is 1.76 bits per heavy atom. The molecule has 0 saturated heterocycles. The Kier molecular flexibility index (Phi) is 4.99. The molecule has 2 aromatic heterocycles. The van der Waals surface area contributed by atoms with Crippen molar-refractivity contribution in [2.24, 2.45) is 7.05 Å². The molecule has 0 spiro atoms. The predicted molar refractivity (Wildman–Crippen MR) is 113 cm³/mol. The third kappa shape index (κ3) is 3.96. The molecular formula is C23H23N5O. The number of hydrogen-bond acceptors (Lipinski definition) is 3. The molecule has 0 atom stereocenters. The van der Waals surface area contributed by atoms with E-state index in [2.05, 4.69) is 5.10 Å². The van der Waals surface area contributed by atoms with Gasteiger partial charge in [0.15, 0.2) is 0 Å². The van der Waals surface area contributed by atoms with Crippen LogP contribution < -0.4 is 0 Å². The molecule has 29 heavy (non-hydrogen) atoms. The topological polar surface area (TPSA) is 56.0 Å². The van der Waals surface area contributed by atoms with Gasteiger partial charge in [-0.3, -0.25) is 9.48 Å². The van der Waals surface area contributed by atoms with Gasteiger partial charge in [0.1, 0.15) is 5.69 Å². The summed E-state index contributed by atoms with van der Waals surface area (Å²) in [4.78, 5) is 15.0. The summed E-state index contributed by atoms with van der Waals surface area (Å²) in [6.45, 7) is 2.53. The van der Waals surface area contributed by atoms with Crippen molar-refractivity contribution in [1.29, 1.82) is 0 Å². The first-order valence-electron chi connectivity index (χ1n) is 9.46. The van der Waals surface area contributed by atoms with Crippen molar-refractivity contribution in [2.45, 2.75) is 13.5 Å². The average Bonchev–Trinajstić information content (AvgIpc) is 3.35. The maximum atomic E-state index is 13.3. The Morgan fingerprint density at radius 1 is 1.03 bits per heavy atom. The highest BCUT2D eigenvalue weighted by atomic mass is 16.2. The van der Waals surface area contributed by atoms with Crippen LogP contribution in [-0.4, -0.2) is 37.4 Å². The van der Waals surface area contributed by atoms with E-state index in [1.807, 2.05) is 81.0 Å². The third-order valence-electron chi connectivity index (χ3n) is 4.82. The highest BCUT2D eigenvalue weighted by molar-refractivity contribution is 5.99. The summed E-state index contributed by atoms with van der Waals surface area (Å²) in [5.41, 5.74) is 5.24. The number of hydrogen-bond donors (Lipinski definition) is 0. The fourth-order valence-corrected chi connectivity index (χ4v) is 3.27. The molecule has 0 saturated carbocycles. The SMILES string of the molecule is Cc1ccc(-n2cc(C(=O)N(C)Cc3cnn(C)c3)c(-c3ccccc3)n2)cc1. The number of benzene rings is 2. The van der Waals surface area contributed by atoms with Crippen LogP contribution in [0, 0.1) is 6.92 Å². The number of aryl methyl sites for hydroxylation is 2. The van der Waals surface area contributed by atoms with Gasteiger partial charge in [-0.2, -0.15) is 10.2 Å². The average molecular weight is 385 g/mol. The molecule has 0 aliphatic heterocycles. The zero-order valence-corrected chi connectivity index (χ0v) is 16.8. The Hall–Kier alpha value is -3.67. The van der Waals surface area contributed by atoms with Gasteiger partial charge in [0.05, 0.1) is 17.4 Å². The van der Waals surface area contributed by atoms with Crippen LogP contribution in [0.25, 0.3) is 16.9 Å². The summed E-state index contributed by atoms with van der Waals surface area (Å²) in [7, 11) is 3.66. The monoisotopic (exact) mass is 385 g/mol. The van der Waals surface area contributed by atoms with Crippen molar-refractivity contribution in [3.8, 4) is 16.9 Å². The van der Waals surface area contributed by atoms with E-state index in [1.165, 1.54) is 5.56 Å². The first-order valence-corrected chi connectivity index (χ1v) is 9.46. The molecule has 0 N–H and O–H groups in total. The molecule has 2 heterocycles. The van der Waals surface area contributed by atoms with Gasteiger partial charge in [-0.1, -0.05) is 48.0 Å². The molecule has 0 aliphatic rings. The number of nitrogens with zero attached hydrogens (tertiary/aromatic N) is 5. The fraction of sp³-hybridized carbons (Fsp3) is 0.174. The lowest BCUT2D eigenvalue weighted by atomic mass is 10.1. The van der Waals surface area contributed by atoms with E-state index >= 15 is 0 Å². The number of rotatable bonds is 5. The molecule has 6 nitrogen and oxygen atoms in total. The van der Waals surface area contributed by atoms with Crippen molar-refractivity contribution in [3.63, 3.8) is 0 Å². The van der Waals surface area contributed by atoms with Gasteiger partial charge in [0.25, 0.3) is 5.91 Å². The molecule has 0 unspecified atom stereocenters. The number of carbonyl (C=O) groups excluding carboxylic acids is 1. The molecule has 4 rings (SSSR count). The first kappa shape index (κ1) is 18.7. The highest BCUT2D eigenvalue weighted by Gasteiger charge is 2.22. The Balaban J connectivity index is 1.72. The molecule has 6 heteroatoms. The zero-order chi connectivity index (χ0) is 20.4. The standard InChI is InChI=1S/C23H23N5O/c1-17-9-11-20(12-10-17)28-16-21(22(25-28)19-7-5-4-6-8-19)23(29)26(2)14-18-13-24-27(3)15-18/h4-13,15-16H,14H2,1-3H3. The lowest BCUT2D eigenvalue weighted by Gasteiger charge is -2.16. The first-order chi connectivity index (χ1) is 14.0. The van der Waals surface area contributed by atoms with Crippen LogP contribution in [0.3, 0.4) is 0 Å². The van der Waals surface area contributed by atoms with Crippen LogP contribution in [0.15, 0.2) is 73.2 Å². The van der Waals surface area contributed by atoms with Crippen LogP contribution >= 0.6 is 0 Å². The quantitative estimate of drug-likeness (QED) is 0.524. The van der Waals surface area contributed by atoms with Crippen molar-refractivity contribution in [3.05, 3.63) is 89.9 Å². The summed E-state index contributed by atoms with van der Waals surface area (Å²) >= 11 is 0. The Labute approximate surface area is 170 Å². The second-order valence-corrected chi connectivity index (χ2v) is 7.22. The molecule has 0 bridgehead atoms. The molecule has 146 valence electrons. The van der Waals surface area contributed by atoms with Crippen LogP contribution in [0.4, 0.5) is 0 Å². The predicted octanol–water partition coefficient (Wildman–Crippen LogP) is 3.85. The Bertz CT molecular complexity index is 1130. The molecular weight excluding hydrogens is 362 g/mol. The van der Waals surface area contributed by atoms with Crippen LogP contribution in [-0.2, 0) is 13.6 Å². The maximum absolute atomic E-state index is 13.3. The summed E-state index contributed by atoms with van der Waals surface area (Å²) < 4.78 is 3.51. The fourth-order valence-electron chi connectivity index (χ4n) is 3.27. The maximum Gasteiger partial charge on any atom is 0.257 e. The van der Waals surface area contributed by atoms with Crippen molar-refractivity contribution in [2.75, 3.05) is 7.05 Å². The molecule has 4 aromatic rings. The van der Waals surface area contributed by atoms with E-state index < -0.39 is 0 Å². The minimum atomic E-state index is -0.0777. The smallest absolute Gasteiger partial charge is 0.257 e. The van der Waals surface area contributed by atoms with Crippen molar-refractivity contribution < 1.29 is 4.79 Å². The lowest BCUT2D eigenvalue weighted by Crippen LogP contribution is -2.26. The molecule has 2 aromatic carbocycles. The van der Waals surface area contributed by atoms with Gasteiger partial charge in [0.2, 0.25) is 0 Å². The van der Waals surface area contributed by atoms with Crippen molar-refractivity contribution >= 4 is 5.91 Å². The zero-order valence-electron chi connectivity index (χ0n) is 16.8. The number of aromatic nitrogens is 4. The third-order valence-corrected chi connectivity index (χ3v) is 4.82. The second-order valence-electron chi connectivity index (χ2n) is 7.22. The van der Waals surface area contributed by atoms with E-state index in [4.69, 9.17) is 5.10 Å². The van der Waals surface area contributed by atoms with Gasteiger partial charge >= 0.3 is 0 Å². The van der Waals surface area contributed by atoms with E-state index in [9.17, 15) is 4.79 Å².